The third kappa shape index (κ3) is 8.24. The lowest BCUT2D eigenvalue weighted by atomic mass is 9.91. The van der Waals surface area contributed by atoms with Gasteiger partial charge in [0, 0.05) is 31.7 Å². The SMILES string of the molecule is CCn1nnc([C@H]2O[C@@H](n3cnc4c(NCC(c5ccccc5)c5ccccc5)nc(N5CC[C@@H](N(OC(=O)C(F)(F)F)C(=O)Nc6cccnc6)C5)nc43)[C@H](O)[C@@H]2O)n1. The van der Waals surface area contributed by atoms with Crippen LogP contribution in [-0.2, 0) is 20.9 Å². The van der Waals surface area contributed by atoms with Crippen LogP contribution in [0.4, 0.5) is 35.4 Å². The van der Waals surface area contributed by atoms with Crippen LogP contribution >= 0.6 is 0 Å². The molecule has 312 valence electrons. The van der Waals surface area contributed by atoms with Crippen molar-refractivity contribution in [3.8, 4) is 0 Å². The molecule has 6 heterocycles. The van der Waals surface area contributed by atoms with Crippen molar-refractivity contribution in [1.82, 2.24) is 49.8 Å². The number of aryl methyl sites for hydroxylation is 1. The molecule has 0 aliphatic carbocycles. The second-order valence-electron chi connectivity index (χ2n) is 14.0. The number of nitrogens with one attached hydrogen (secondary N) is 2. The number of hydrogen-bond acceptors (Lipinski definition) is 15. The summed E-state index contributed by atoms with van der Waals surface area (Å²) in [6.45, 7) is 2.50. The van der Waals surface area contributed by atoms with Crippen molar-refractivity contribution in [3.63, 3.8) is 0 Å². The molecular weight excluding hydrogens is 791 g/mol. The van der Waals surface area contributed by atoms with E-state index < -0.39 is 48.8 Å². The monoisotopic (exact) mass is 829 g/mol. The van der Waals surface area contributed by atoms with Crippen molar-refractivity contribution >= 4 is 40.6 Å². The first-order valence-electron chi connectivity index (χ1n) is 18.9. The summed E-state index contributed by atoms with van der Waals surface area (Å²) in [5, 5.41) is 40.7. The van der Waals surface area contributed by atoms with Crippen LogP contribution in [0.2, 0.25) is 0 Å². The molecule has 2 saturated heterocycles. The molecular formula is C38H38F3N13O6. The molecule has 2 aliphatic rings. The van der Waals surface area contributed by atoms with E-state index in [4.69, 9.17) is 14.7 Å². The van der Waals surface area contributed by atoms with Crippen molar-refractivity contribution in [1.29, 1.82) is 0 Å². The Labute approximate surface area is 338 Å². The Balaban J connectivity index is 1.14. The highest BCUT2D eigenvalue weighted by atomic mass is 19.4. The second-order valence-corrected chi connectivity index (χ2v) is 14.0. The zero-order valence-electron chi connectivity index (χ0n) is 31.7. The van der Waals surface area contributed by atoms with Gasteiger partial charge in [-0.15, -0.1) is 15.3 Å². The van der Waals surface area contributed by atoms with Gasteiger partial charge >= 0.3 is 18.2 Å². The number of benzene rings is 2. The van der Waals surface area contributed by atoms with E-state index in [1.54, 1.807) is 4.90 Å². The quantitative estimate of drug-likeness (QED) is 0.137. The van der Waals surface area contributed by atoms with Crippen LogP contribution in [0.15, 0.2) is 91.5 Å². The minimum absolute atomic E-state index is 0.0445. The molecule has 2 aliphatic heterocycles. The number of hydrogen-bond donors (Lipinski definition) is 4. The van der Waals surface area contributed by atoms with Crippen molar-refractivity contribution in [2.45, 2.75) is 62.6 Å². The molecule has 19 nitrogen and oxygen atoms in total. The molecule has 4 N–H and O–H groups in total. The highest BCUT2D eigenvalue weighted by Crippen LogP contribution is 2.39. The van der Waals surface area contributed by atoms with E-state index in [2.05, 4.69) is 40.8 Å². The number of rotatable bonds is 11. The summed E-state index contributed by atoms with van der Waals surface area (Å²) in [6, 6.07) is 20.4. The van der Waals surface area contributed by atoms with E-state index in [1.807, 2.05) is 67.6 Å². The third-order valence-electron chi connectivity index (χ3n) is 10.1. The van der Waals surface area contributed by atoms with E-state index in [-0.39, 0.29) is 59.9 Å². The van der Waals surface area contributed by atoms with E-state index in [1.165, 1.54) is 40.2 Å². The maximum Gasteiger partial charge on any atom is 0.493 e. The van der Waals surface area contributed by atoms with E-state index >= 15 is 0 Å². The molecule has 5 atom stereocenters. The smallest absolute Gasteiger partial charge is 0.387 e. The van der Waals surface area contributed by atoms with E-state index in [0.29, 0.717) is 18.2 Å². The standard InChI is InChI=1S/C38H38F3N13O6/c1-2-53-49-32(48-50-53)30-28(55)29(56)34(59-30)52-21-44-27-31(43-19-26(22-10-5-3-6-11-22)23-12-7-4-8-13-23)46-36(47-33(27)52)51-17-15-25(20-51)54(60-35(57)38(39,40)41)37(58)45-24-14-9-16-42-18-24/h3-14,16,18,21,25-26,28-30,34,55-56H,2,15,17,19-20H2,1H3,(H,45,58)(H,43,46,47)/t25-,28+,29-,30+,34-/m1/s1. The van der Waals surface area contributed by atoms with Gasteiger partial charge in [0.15, 0.2) is 29.3 Å². The Hall–Kier alpha value is -6.78. The van der Waals surface area contributed by atoms with Gasteiger partial charge in [-0.2, -0.15) is 27.9 Å². The van der Waals surface area contributed by atoms with Gasteiger partial charge in [-0.1, -0.05) is 60.7 Å². The Bertz CT molecular complexity index is 2390. The molecule has 0 bridgehead atoms. The predicted octanol–water partition coefficient (Wildman–Crippen LogP) is 3.60. The molecule has 2 fully saturated rings. The number of urea groups is 1. The highest BCUT2D eigenvalue weighted by molar-refractivity contribution is 5.90. The van der Waals surface area contributed by atoms with Crippen LogP contribution in [0.1, 0.15) is 48.5 Å². The van der Waals surface area contributed by atoms with Gasteiger partial charge < -0.3 is 35.3 Å². The number of aliphatic hydroxyl groups excluding tert-OH is 2. The summed E-state index contributed by atoms with van der Waals surface area (Å²) in [6.07, 6.45) is -6.59. The van der Waals surface area contributed by atoms with Crippen LogP contribution in [0, 0.1) is 0 Å². The van der Waals surface area contributed by atoms with Gasteiger partial charge in [-0.3, -0.25) is 9.55 Å². The fraction of sp³-hybridized carbons (Fsp3) is 0.342. The fourth-order valence-electron chi connectivity index (χ4n) is 7.11. The topological polar surface area (TPSA) is 224 Å². The number of carbonyl (C=O) groups is 2. The third-order valence-corrected chi connectivity index (χ3v) is 10.1. The van der Waals surface area contributed by atoms with Gasteiger partial charge in [-0.05, 0) is 41.8 Å². The van der Waals surface area contributed by atoms with E-state index in [0.717, 1.165) is 11.1 Å². The summed E-state index contributed by atoms with van der Waals surface area (Å²) < 4.78 is 47.9. The van der Waals surface area contributed by atoms with Gasteiger partial charge in [0.25, 0.3) is 0 Å². The molecule has 2 aromatic carbocycles. The van der Waals surface area contributed by atoms with Gasteiger partial charge in [0.2, 0.25) is 11.8 Å². The van der Waals surface area contributed by atoms with Gasteiger partial charge in [-0.25, -0.2) is 14.6 Å². The highest BCUT2D eigenvalue weighted by Gasteiger charge is 2.48. The van der Waals surface area contributed by atoms with Crippen molar-refractivity contribution in [3.05, 3.63) is 108 Å². The molecule has 0 radical (unpaired) electrons. The summed E-state index contributed by atoms with van der Waals surface area (Å²) in [5.74, 6) is -2.34. The average Bonchev–Trinajstić information content (AvgIpc) is 4.08. The number of tetrazole rings is 1. The lowest BCUT2D eigenvalue weighted by molar-refractivity contribution is -0.232. The maximum atomic E-state index is 13.4. The Kier molecular flexibility index (Phi) is 11.2. The first kappa shape index (κ1) is 40.0. The molecule has 2 amide bonds. The Morgan fingerprint density at radius 1 is 1.02 bits per heavy atom. The summed E-state index contributed by atoms with van der Waals surface area (Å²) in [4.78, 5) is 51.2. The zero-order valence-corrected chi connectivity index (χ0v) is 31.7. The summed E-state index contributed by atoms with van der Waals surface area (Å²) in [5.41, 5.74) is 2.63. The van der Waals surface area contributed by atoms with Gasteiger partial charge in [0.05, 0.1) is 30.8 Å². The average molecular weight is 830 g/mol. The van der Waals surface area contributed by atoms with Crippen molar-refractivity contribution in [2.24, 2.45) is 0 Å². The number of anilines is 3. The number of hydroxylamine groups is 2. The van der Waals surface area contributed by atoms with Crippen LogP contribution in [0.25, 0.3) is 11.2 Å². The largest absolute Gasteiger partial charge is 0.493 e. The normalized spacial score (nSPS) is 20.4. The minimum atomic E-state index is -5.39. The molecule has 8 rings (SSSR count). The first-order chi connectivity index (χ1) is 29.0. The van der Waals surface area contributed by atoms with Crippen LogP contribution in [0.5, 0.6) is 0 Å². The van der Waals surface area contributed by atoms with Crippen LogP contribution < -0.4 is 15.5 Å². The number of halogens is 3. The zero-order chi connectivity index (χ0) is 42.0. The minimum Gasteiger partial charge on any atom is -0.387 e. The fourth-order valence-corrected chi connectivity index (χ4v) is 7.11. The molecule has 6 aromatic rings. The Morgan fingerprint density at radius 2 is 1.75 bits per heavy atom. The number of nitrogens with zero attached hydrogens (tertiary/aromatic N) is 11. The maximum absolute atomic E-state index is 13.4. The van der Waals surface area contributed by atoms with Crippen LogP contribution in [0.3, 0.4) is 0 Å². The van der Waals surface area contributed by atoms with E-state index in [9.17, 15) is 33.0 Å². The van der Waals surface area contributed by atoms with Gasteiger partial charge in [0.1, 0.15) is 12.2 Å². The molecule has 60 heavy (non-hydrogen) atoms. The Morgan fingerprint density at radius 3 is 2.40 bits per heavy atom. The summed E-state index contributed by atoms with van der Waals surface area (Å²) >= 11 is 0. The number of fused-ring (bicyclic) bond motifs is 1. The number of imidazole rings is 1. The second kappa shape index (κ2) is 16.8. The predicted molar refractivity (Wildman–Crippen MR) is 205 cm³/mol. The lowest BCUT2D eigenvalue weighted by Gasteiger charge is -2.27. The molecule has 0 saturated carbocycles. The van der Waals surface area contributed by atoms with Crippen molar-refractivity contribution in [2.75, 3.05) is 35.2 Å². The number of ether oxygens (including phenoxy) is 1. The molecule has 0 spiro atoms. The number of aromatic nitrogens is 9. The molecule has 22 heteroatoms. The first-order valence-corrected chi connectivity index (χ1v) is 18.9. The molecule has 4 aromatic heterocycles. The number of pyridine rings is 1. The number of alkyl halides is 3. The number of aliphatic hydroxyl groups is 2. The lowest BCUT2D eigenvalue weighted by Crippen LogP contribution is -2.47. The van der Waals surface area contributed by atoms with Crippen molar-refractivity contribution < 1.29 is 42.5 Å². The number of carbonyl (C=O) groups excluding carboxylic acids is 2. The molecule has 0 unspecified atom stereocenters. The summed E-state index contributed by atoms with van der Waals surface area (Å²) in [7, 11) is 0. The number of amides is 2. The van der Waals surface area contributed by atoms with Crippen LogP contribution in [-0.4, -0.2) is 116 Å².